The van der Waals surface area contributed by atoms with Gasteiger partial charge in [0.05, 0.1) is 11.3 Å². The minimum atomic E-state index is -1.01. The molecule has 0 aliphatic rings. The predicted molar refractivity (Wildman–Crippen MR) is 89.8 cm³/mol. The first kappa shape index (κ1) is 21.9. The molecular weight excluding hydrogens is 296 g/mol. The van der Waals surface area contributed by atoms with Gasteiger partial charge in [-0.1, -0.05) is 48.5 Å². The Morgan fingerprint density at radius 2 is 1.43 bits per heavy atom. The number of hydrogen-bond acceptors (Lipinski definition) is 5. The van der Waals surface area contributed by atoms with E-state index >= 15 is 0 Å². The second-order valence-electron chi connectivity index (χ2n) is 8.22. The summed E-state index contributed by atoms with van der Waals surface area (Å²) in [6, 6.07) is 0. The fourth-order valence-corrected chi connectivity index (χ4v) is 2.24. The van der Waals surface area contributed by atoms with Crippen molar-refractivity contribution in [2.75, 3.05) is 13.2 Å². The zero-order chi connectivity index (χ0) is 18.4. The van der Waals surface area contributed by atoms with Crippen LogP contribution in [0.1, 0.15) is 61.8 Å². The predicted octanol–water partition coefficient (Wildman–Crippen LogP) is 3.19. The van der Waals surface area contributed by atoms with Crippen LogP contribution in [0.5, 0.6) is 0 Å². The van der Waals surface area contributed by atoms with E-state index in [-0.39, 0.29) is 36.5 Å². The number of hydrogen-bond donors (Lipinski definition) is 1. The zero-order valence-electron chi connectivity index (χ0n) is 15.9. The maximum Gasteiger partial charge on any atom is 0.312 e. The van der Waals surface area contributed by atoms with E-state index in [9.17, 15) is 14.7 Å². The largest absolute Gasteiger partial charge is 0.463 e. The highest BCUT2D eigenvalue weighted by atomic mass is 16.6. The van der Waals surface area contributed by atoms with Gasteiger partial charge in [-0.05, 0) is 24.7 Å². The van der Waals surface area contributed by atoms with E-state index in [4.69, 9.17) is 9.47 Å². The third-order valence-electron chi connectivity index (χ3n) is 4.22. The van der Waals surface area contributed by atoms with Gasteiger partial charge >= 0.3 is 11.9 Å². The quantitative estimate of drug-likeness (QED) is 0.692. The number of rotatable bonds is 8. The van der Waals surface area contributed by atoms with Crippen LogP contribution in [0.25, 0.3) is 0 Å². The third kappa shape index (κ3) is 6.90. The van der Waals surface area contributed by atoms with Gasteiger partial charge in [-0.25, -0.2) is 0 Å². The van der Waals surface area contributed by atoms with Crippen molar-refractivity contribution in [1.82, 2.24) is 0 Å². The Bertz CT molecular complexity index is 395. The summed E-state index contributed by atoms with van der Waals surface area (Å²) in [5.41, 5.74) is -0.904. The van der Waals surface area contributed by atoms with Gasteiger partial charge < -0.3 is 14.6 Å². The number of ether oxygens (including phenoxy) is 2. The van der Waals surface area contributed by atoms with Crippen molar-refractivity contribution in [3.63, 3.8) is 0 Å². The maximum absolute atomic E-state index is 12.6. The number of esters is 2. The lowest BCUT2D eigenvalue weighted by Gasteiger charge is -2.41. The molecule has 0 aromatic heterocycles. The van der Waals surface area contributed by atoms with Crippen LogP contribution < -0.4 is 0 Å². The molecule has 1 N–H and O–H groups in total. The Morgan fingerprint density at radius 3 is 1.83 bits per heavy atom. The Balaban J connectivity index is 4.62. The second kappa shape index (κ2) is 8.67. The average molecular weight is 330 g/mol. The fraction of sp³-hybridized carbons (Fsp3) is 0.889. The van der Waals surface area contributed by atoms with Crippen molar-refractivity contribution in [2.45, 2.75) is 67.9 Å². The van der Waals surface area contributed by atoms with Crippen molar-refractivity contribution in [2.24, 2.45) is 22.7 Å². The molecule has 0 saturated carbocycles. The monoisotopic (exact) mass is 330 g/mol. The topological polar surface area (TPSA) is 72.8 Å². The Morgan fingerprint density at radius 1 is 0.957 bits per heavy atom. The molecule has 0 radical (unpaired) electrons. The first-order valence-corrected chi connectivity index (χ1v) is 8.33. The molecule has 0 fully saturated rings. The highest BCUT2D eigenvalue weighted by molar-refractivity contribution is 5.77. The highest BCUT2D eigenvalue weighted by Crippen LogP contribution is 2.44. The lowest BCUT2D eigenvalue weighted by atomic mass is 9.64. The van der Waals surface area contributed by atoms with Crippen LogP contribution in [-0.2, 0) is 19.1 Å². The molecule has 0 saturated heterocycles. The molecule has 23 heavy (non-hydrogen) atoms. The van der Waals surface area contributed by atoms with Crippen molar-refractivity contribution in [1.29, 1.82) is 0 Å². The molecule has 0 rings (SSSR count). The number of aliphatic hydroxyl groups excluding tert-OH is 1. The van der Waals surface area contributed by atoms with Crippen molar-refractivity contribution in [3.05, 3.63) is 0 Å². The zero-order valence-corrected chi connectivity index (χ0v) is 15.9. The molecule has 2 unspecified atom stereocenters. The van der Waals surface area contributed by atoms with Crippen LogP contribution in [0.4, 0.5) is 0 Å². The summed E-state index contributed by atoms with van der Waals surface area (Å²) in [6.07, 6.45) is -0.307. The molecule has 5 nitrogen and oxygen atoms in total. The molecule has 0 aliphatic heterocycles. The van der Waals surface area contributed by atoms with Gasteiger partial charge in [0.2, 0.25) is 0 Å². The minimum absolute atomic E-state index is 0.166. The van der Waals surface area contributed by atoms with Crippen LogP contribution in [0, 0.1) is 22.7 Å². The maximum atomic E-state index is 12.6. The molecule has 0 heterocycles. The van der Waals surface area contributed by atoms with E-state index < -0.39 is 11.5 Å². The van der Waals surface area contributed by atoms with E-state index in [1.54, 1.807) is 13.8 Å². The molecule has 0 amide bonds. The van der Waals surface area contributed by atoms with Crippen LogP contribution in [-0.4, -0.2) is 36.4 Å². The Hall–Kier alpha value is -1.10. The molecule has 0 aromatic carbocycles. The average Bonchev–Trinajstić information content (AvgIpc) is 2.39. The van der Waals surface area contributed by atoms with Crippen molar-refractivity contribution >= 4 is 11.9 Å². The fourth-order valence-electron chi connectivity index (χ4n) is 2.24. The molecule has 5 heteroatoms. The van der Waals surface area contributed by atoms with Crippen molar-refractivity contribution < 1.29 is 24.2 Å². The molecular formula is C18H34O5. The van der Waals surface area contributed by atoms with E-state index in [2.05, 4.69) is 13.8 Å². The summed E-state index contributed by atoms with van der Waals surface area (Å²) >= 11 is 0. The van der Waals surface area contributed by atoms with Crippen LogP contribution >= 0.6 is 0 Å². The molecule has 0 bridgehead atoms. The van der Waals surface area contributed by atoms with Gasteiger partial charge in [0, 0.05) is 0 Å². The molecule has 0 aliphatic carbocycles. The molecule has 2 atom stereocenters. The summed E-state index contributed by atoms with van der Waals surface area (Å²) in [5, 5.41) is 9.82. The normalized spacial score (nSPS) is 16.1. The van der Waals surface area contributed by atoms with Crippen molar-refractivity contribution in [3.8, 4) is 0 Å². The molecule has 0 aromatic rings. The summed E-state index contributed by atoms with van der Waals surface area (Å²) in [5.74, 6) is -0.605. The van der Waals surface area contributed by atoms with E-state index in [0.29, 0.717) is 12.3 Å². The summed E-state index contributed by atoms with van der Waals surface area (Å²) in [7, 11) is 0. The van der Waals surface area contributed by atoms with Gasteiger partial charge in [0.15, 0.2) is 0 Å². The van der Waals surface area contributed by atoms with Gasteiger partial charge in [0.1, 0.15) is 19.3 Å². The van der Waals surface area contributed by atoms with Gasteiger partial charge in [-0.2, -0.15) is 0 Å². The molecule has 0 spiro atoms. The third-order valence-corrected chi connectivity index (χ3v) is 4.22. The first-order chi connectivity index (χ1) is 10.3. The summed E-state index contributed by atoms with van der Waals surface area (Å²) < 4.78 is 10.2. The Labute approximate surface area is 140 Å². The lowest BCUT2D eigenvalue weighted by Crippen LogP contribution is -2.43. The summed E-state index contributed by atoms with van der Waals surface area (Å²) in [4.78, 5) is 23.9. The van der Waals surface area contributed by atoms with Crippen LogP contribution in [0.15, 0.2) is 0 Å². The van der Waals surface area contributed by atoms with Gasteiger partial charge in [-0.15, -0.1) is 0 Å². The lowest BCUT2D eigenvalue weighted by molar-refractivity contribution is -0.168. The smallest absolute Gasteiger partial charge is 0.312 e. The standard InChI is InChI=1S/C18H34O5/c1-12(2)9-18(8,17(5,6)7)16(21)23-11-14(19)10-22-15(20)13(3)4/h12-14,19H,9-11H2,1-8H3. The van der Waals surface area contributed by atoms with E-state index in [1.165, 1.54) is 0 Å². The second-order valence-corrected chi connectivity index (χ2v) is 8.22. The number of carbonyl (C=O) groups excluding carboxylic acids is 2. The van der Waals surface area contributed by atoms with Crippen LogP contribution in [0.2, 0.25) is 0 Å². The highest BCUT2D eigenvalue weighted by Gasteiger charge is 2.45. The van der Waals surface area contributed by atoms with E-state index in [1.807, 2.05) is 27.7 Å². The molecule has 136 valence electrons. The SMILES string of the molecule is CC(C)CC(C)(C(=O)OCC(O)COC(=O)C(C)C)C(C)(C)C. The minimum Gasteiger partial charge on any atom is -0.463 e. The van der Waals surface area contributed by atoms with Crippen LogP contribution in [0.3, 0.4) is 0 Å². The van der Waals surface area contributed by atoms with Gasteiger partial charge in [-0.3, -0.25) is 9.59 Å². The number of aliphatic hydroxyl groups is 1. The Kier molecular flexibility index (Phi) is 8.25. The van der Waals surface area contributed by atoms with E-state index in [0.717, 1.165) is 0 Å². The summed E-state index contributed by atoms with van der Waals surface area (Å²) in [6.45, 7) is 15.2. The van der Waals surface area contributed by atoms with Gasteiger partial charge in [0.25, 0.3) is 0 Å². The number of carbonyl (C=O) groups is 2. The first-order valence-electron chi connectivity index (χ1n) is 8.33.